The van der Waals surface area contributed by atoms with Crippen LogP contribution in [0.4, 0.5) is 11.5 Å². The molecule has 2 fully saturated rings. The van der Waals surface area contributed by atoms with E-state index in [4.69, 9.17) is 0 Å². The van der Waals surface area contributed by atoms with Gasteiger partial charge in [-0.2, -0.15) is 0 Å². The molecule has 3 aliphatic rings. The number of hydrogen-bond donors (Lipinski definition) is 2. The zero-order valence-electron chi connectivity index (χ0n) is 15.5. The normalized spacial score (nSPS) is 22.8. The third-order valence-corrected chi connectivity index (χ3v) is 5.83. The van der Waals surface area contributed by atoms with Gasteiger partial charge in [0.15, 0.2) is 0 Å². The summed E-state index contributed by atoms with van der Waals surface area (Å²) in [5, 5.41) is 5.87. The van der Waals surface area contributed by atoms with Crippen molar-refractivity contribution in [3.8, 4) is 0 Å². The van der Waals surface area contributed by atoms with Gasteiger partial charge in [0.1, 0.15) is 5.82 Å². The highest BCUT2D eigenvalue weighted by molar-refractivity contribution is 6.03. The molecule has 1 unspecified atom stereocenters. The van der Waals surface area contributed by atoms with Crippen LogP contribution in [-0.4, -0.2) is 60.3 Å². The van der Waals surface area contributed by atoms with Crippen LogP contribution in [0.1, 0.15) is 42.5 Å². The number of hydrogen-bond acceptors (Lipinski definition) is 5. The molecule has 27 heavy (non-hydrogen) atoms. The molecule has 0 spiro atoms. The smallest absolute Gasteiger partial charge is 0.252 e. The summed E-state index contributed by atoms with van der Waals surface area (Å²) >= 11 is 0. The number of carbonyl (C=O) groups is 3. The third kappa shape index (κ3) is 3.48. The highest BCUT2D eigenvalue weighted by Crippen LogP contribution is 2.29. The Morgan fingerprint density at radius 3 is 2.85 bits per heavy atom. The van der Waals surface area contributed by atoms with E-state index in [0.29, 0.717) is 36.1 Å². The zero-order chi connectivity index (χ0) is 19.0. The van der Waals surface area contributed by atoms with Crippen LogP contribution in [0.25, 0.3) is 0 Å². The molecule has 2 N–H and O–H groups in total. The van der Waals surface area contributed by atoms with E-state index in [1.54, 1.807) is 13.1 Å². The predicted octanol–water partition coefficient (Wildman–Crippen LogP) is 0.991. The maximum atomic E-state index is 12.5. The summed E-state index contributed by atoms with van der Waals surface area (Å²) in [6.45, 7) is 1.40. The van der Waals surface area contributed by atoms with Gasteiger partial charge in [-0.05, 0) is 18.9 Å². The van der Waals surface area contributed by atoms with E-state index in [2.05, 4.69) is 15.6 Å². The molecule has 8 nitrogen and oxygen atoms in total. The Morgan fingerprint density at radius 1 is 1.30 bits per heavy atom. The Labute approximate surface area is 158 Å². The molecule has 1 atom stereocenters. The summed E-state index contributed by atoms with van der Waals surface area (Å²) in [5.41, 5.74) is 1.01. The molecule has 1 aliphatic carbocycles. The molecule has 1 aromatic rings. The molecule has 4 rings (SSSR count). The number of likely N-dealkylation sites (tertiary alicyclic amines) is 1. The number of pyridine rings is 1. The fourth-order valence-electron chi connectivity index (χ4n) is 4.23. The first-order valence-electron chi connectivity index (χ1n) is 9.61. The number of amides is 3. The molecule has 144 valence electrons. The Hall–Kier alpha value is -2.64. The second-order valence-electron chi connectivity index (χ2n) is 7.66. The summed E-state index contributed by atoms with van der Waals surface area (Å²) in [7, 11) is 1.67. The Balaban J connectivity index is 1.36. The quantitative estimate of drug-likeness (QED) is 0.823. The standard InChI is InChI=1S/C19H25N5O3/c1-23-15-7-13(9-20-18(15)21-10-17(23)26)19(27)22-8-12-6-16(25)24(11-12)14-4-2-3-5-14/h7,9,12,14H,2-6,8,10-11H2,1H3,(H,20,21)(H,22,27). The SMILES string of the molecule is CN1C(=O)CNc2ncc(C(=O)NCC3CC(=O)N(C4CCCC4)C3)cc21. The Kier molecular flexibility index (Phi) is 4.72. The van der Waals surface area contributed by atoms with Crippen molar-refractivity contribution < 1.29 is 14.4 Å². The minimum absolute atomic E-state index is 0.0710. The lowest BCUT2D eigenvalue weighted by molar-refractivity contribution is -0.129. The van der Waals surface area contributed by atoms with Crippen LogP contribution in [-0.2, 0) is 9.59 Å². The average Bonchev–Trinajstić information content (AvgIpc) is 3.32. The molecular formula is C19H25N5O3. The molecule has 1 saturated heterocycles. The second kappa shape index (κ2) is 7.17. The summed E-state index contributed by atoms with van der Waals surface area (Å²) in [5.74, 6) is 0.658. The highest BCUT2D eigenvalue weighted by atomic mass is 16.2. The lowest BCUT2D eigenvalue weighted by Crippen LogP contribution is -2.38. The fourth-order valence-corrected chi connectivity index (χ4v) is 4.23. The monoisotopic (exact) mass is 371 g/mol. The van der Waals surface area contributed by atoms with Gasteiger partial charge in [0.05, 0.1) is 17.8 Å². The topological polar surface area (TPSA) is 94.6 Å². The maximum Gasteiger partial charge on any atom is 0.252 e. The van der Waals surface area contributed by atoms with Gasteiger partial charge in [0.2, 0.25) is 11.8 Å². The molecule has 8 heteroatoms. The van der Waals surface area contributed by atoms with Crippen molar-refractivity contribution in [2.75, 3.05) is 36.9 Å². The largest absolute Gasteiger partial charge is 0.359 e. The molecule has 2 aliphatic heterocycles. The molecule has 1 saturated carbocycles. The average molecular weight is 371 g/mol. The van der Waals surface area contributed by atoms with Crippen LogP contribution in [0.2, 0.25) is 0 Å². The minimum atomic E-state index is -0.233. The molecule has 0 bridgehead atoms. The van der Waals surface area contributed by atoms with Gasteiger partial charge in [0.25, 0.3) is 5.91 Å². The van der Waals surface area contributed by atoms with Gasteiger partial charge in [0, 0.05) is 44.7 Å². The molecule has 0 radical (unpaired) electrons. The van der Waals surface area contributed by atoms with Crippen molar-refractivity contribution in [2.24, 2.45) is 5.92 Å². The third-order valence-electron chi connectivity index (χ3n) is 5.83. The van der Waals surface area contributed by atoms with Gasteiger partial charge >= 0.3 is 0 Å². The first-order chi connectivity index (χ1) is 13.0. The minimum Gasteiger partial charge on any atom is -0.359 e. The molecule has 3 amide bonds. The number of nitrogens with zero attached hydrogens (tertiary/aromatic N) is 3. The van der Waals surface area contributed by atoms with E-state index in [9.17, 15) is 14.4 Å². The first-order valence-corrected chi connectivity index (χ1v) is 9.61. The Morgan fingerprint density at radius 2 is 2.07 bits per heavy atom. The van der Waals surface area contributed by atoms with Crippen molar-refractivity contribution in [1.82, 2.24) is 15.2 Å². The number of nitrogens with one attached hydrogen (secondary N) is 2. The molecule has 3 heterocycles. The summed E-state index contributed by atoms with van der Waals surface area (Å²) < 4.78 is 0. The predicted molar refractivity (Wildman–Crippen MR) is 101 cm³/mol. The van der Waals surface area contributed by atoms with E-state index in [0.717, 1.165) is 19.4 Å². The summed E-state index contributed by atoms with van der Waals surface area (Å²) in [6.07, 6.45) is 6.62. The number of anilines is 2. The number of aromatic nitrogens is 1. The van der Waals surface area contributed by atoms with E-state index in [1.165, 1.54) is 23.9 Å². The molecule has 0 aromatic carbocycles. The summed E-state index contributed by atoms with van der Waals surface area (Å²) in [4.78, 5) is 44.4. The highest BCUT2D eigenvalue weighted by Gasteiger charge is 2.35. The van der Waals surface area contributed by atoms with Gasteiger partial charge < -0.3 is 20.4 Å². The van der Waals surface area contributed by atoms with E-state index < -0.39 is 0 Å². The number of likely N-dealkylation sites (N-methyl/N-ethyl adjacent to an activating group) is 1. The Bertz CT molecular complexity index is 775. The van der Waals surface area contributed by atoms with Gasteiger partial charge in [-0.1, -0.05) is 12.8 Å². The van der Waals surface area contributed by atoms with Crippen molar-refractivity contribution >= 4 is 29.2 Å². The van der Waals surface area contributed by atoms with Crippen LogP contribution in [0.3, 0.4) is 0 Å². The van der Waals surface area contributed by atoms with E-state index in [-0.39, 0.29) is 30.2 Å². The van der Waals surface area contributed by atoms with Crippen LogP contribution in [0.15, 0.2) is 12.3 Å². The van der Waals surface area contributed by atoms with Crippen LogP contribution >= 0.6 is 0 Å². The van der Waals surface area contributed by atoms with Gasteiger partial charge in [-0.25, -0.2) is 4.98 Å². The van der Waals surface area contributed by atoms with Gasteiger partial charge in [-0.15, -0.1) is 0 Å². The zero-order valence-corrected chi connectivity index (χ0v) is 15.5. The van der Waals surface area contributed by atoms with Gasteiger partial charge in [-0.3, -0.25) is 14.4 Å². The molecular weight excluding hydrogens is 346 g/mol. The van der Waals surface area contributed by atoms with E-state index >= 15 is 0 Å². The second-order valence-corrected chi connectivity index (χ2v) is 7.66. The number of carbonyl (C=O) groups excluding carboxylic acids is 3. The van der Waals surface area contributed by atoms with Crippen LogP contribution < -0.4 is 15.5 Å². The van der Waals surface area contributed by atoms with Crippen molar-refractivity contribution in [3.63, 3.8) is 0 Å². The first kappa shape index (κ1) is 17.8. The number of rotatable bonds is 4. The van der Waals surface area contributed by atoms with Crippen molar-refractivity contribution in [1.29, 1.82) is 0 Å². The molecule has 1 aromatic heterocycles. The summed E-state index contributed by atoms with van der Waals surface area (Å²) in [6, 6.07) is 2.07. The lowest BCUT2D eigenvalue weighted by atomic mass is 10.1. The van der Waals surface area contributed by atoms with Crippen LogP contribution in [0.5, 0.6) is 0 Å². The number of fused-ring (bicyclic) bond motifs is 1. The van der Waals surface area contributed by atoms with E-state index in [1.807, 2.05) is 4.90 Å². The van der Waals surface area contributed by atoms with Crippen LogP contribution in [0, 0.1) is 5.92 Å². The fraction of sp³-hybridized carbons (Fsp3) is 0.579. The lowest BCUT2D eigenvalue weighted by Gasteiger charge is -2.26. The van der Waals surface area contributed by atoms with Crippen molar-refractivity contribution in [2.45, 2.75) is 38.1 Å². The maximum absolute atomic E-state index is 12.5. The van der Waals surface area contributed by atoms with Crippen molar-refractivity contribution in [3.05, 3.63) is 17.8 Å².